The van der Waals surface area contributed by atoms with Crippen molar-refractivity contribution in [3.8, 4) is 0 Å². The van der Waals surface area contributed by atoms with Crippen molar-refractivity contribution in [2.24, 2.45) is 0 Å². The van der Waals surface area contributed by atoms with Gasteiger partial charge in [0, 0.05) is 41.1 Å². The van der Waals surface area contributed by atoms with Crippen molar-refractivity contribution in [3.63, 3.8) is 0 Å². The molecule has 0 aliphatic carbocycles. The van der Waals surface area contributed by atoms with Gasteiger partial charge in [0.2, 0.25) is 5.91 Å². The normalized spacial score (nSPS) is 10.2. The Kier molecular flexibility index (Phi) is 4.57. The minimum Gasteiger partial charge on any atom is -0.399 e. The standard InChI is InChI=1S/C14H14BrN3O2/c15-10-4-5-14(20)18(9-10)7-6-13(19)17-12-3-1-2-11(16)8-12/h1-5,8-9H,6-7,16H2,(H,17,19). The molecule has 1 heterocycles. The number of pyridine rings is 1. The van der Waals surface area contributed by atoms with Crippen molar-refractivity contribution >= 4 is 33.2 Å². The average molecular weight is 336 g/mol. The second kappa shape index (κ2) is 6.38. The molecular weight excluding hydrogens is 322 g/mol. The first-order valence-corrected chi connectivity index (χ1v) is 6.85. The summed E-state index contributed by atoms with van der Waals surface area (Å²) in [5, 5.41) is 2.74. The van der Waals surface area contributed by atoms with E-state index in [1.54, 1.807) is 36.5 Å². The first-order chi connectivity index (χ1) is 9.54. The van der Waals surface area contributed by atoms with E-state index in [-0.39, 0.29) is 17.9 Å². The van der Waals surface area contributed by atoms with Gasteiger partial charge in [0.05, 0.1) is 0 Å². The highest BCUT2D eigenvalue weighted by molar-refractivity contribution is 9.10. The number of halogens is 1. The lowest BCUT2D eigenvalue weighted by atomic mass is 10.2. The molecule has 1 aromatic carbocycles. The maximum Gasteiger partial charge on any atom is 0.250 e. The molecule has 0 bridgehead atoms. The third-order valence-corrected chi connectivity index (χ3v) is 3.17. The highest BCUT2D eigenvalue weighted by Crippen LogP contribution is 2.12. The molecule has 0 aliphatic rings. The van der Waals surface area contributed by atoms with Crippen molar-refractivity contribution < 1.29 is 4.79 Å². The van der Waals surface area contributed by atoms with Crippen molar-refractivity contribution in [1.29, 1.82) is 0 Å². The molecule has 0 radical (unpaired) electrons. The number of nitrogens with one attached hydrogen (secondary N) is 1. The highest BCUT2D eigenvalue weighted by Gasteiger charge is 2.04. The summed E-state index contributed by atoms with van der Waals surface area (Å²) in [7, 11) is 0. The van der Waals surface area contributed by atoms with Crippen LogP contribution in [0.4, 0.5) is 11.4 Å². The molecule has 5 nitrogen and oxygen atoms in total. The van der Waals surface area contributed by atoms with Crippen LogP contribution >= 0.6 is 15.9 Å². The van der Waals surface area contributed by atoms with E-state index < -0.39 is 0 Å². The van der Waals surface area contributed by atoms with Crippen LogP contribution in [0.5, 0.6) is 0 Å². The Morgan fingerprint density at radius 2 is 2.10 bits per heavy atom. The number of nitrogen functional groups attached to an aromatic ring is 1. The SMILES string of the molecule is Nc1cccc(NC(=O)CCn2cc(Br)ccc2=O)c1. The summed E-state index contributed by atoms with van der Waals surface area (Å²) in [6.07, 6.45) is 1.88. The van der Waals surface area contributed by atoms with E-state index >= 15 is 0 Å². The van der Waals surface area contributed by atoms with Crippen molar-refractivity contribution in [3.05, 3.63) is 57.4 Å². The molecule has 1 aromatic heterocycles. The van der Waals surface area contributed by atoms with E-state index in [1.165, 1.54) is 10.6 Å². The van der Waals surface area contributed by atoms with Gasteiger partial charge in [-0.25, -0.2) is 0 Å². The van der Waals surface area contributed by atoms with Gasteiger partial charge in [0.15, 0.2) is 0 Å². The maximum absolute atomic E-state index is 11.8. The Morgan fingerprint density at radius 1 is 1.30 bits per heavy atom. The van der Waals surface area contributed by atoms with Crippen LogP contribution < -0.4 is 16.6 Å². The van der Waals surface area contributed by atoms with E-state index in [1.807, 2.05) is 0 Å². The van der Waals surface area contributed by atoms with E-state index in [4.69, 9.17) is 5.73 Å². The molecule has 2 rings (SSSR count). The van der Waals surface area contributed by atoms with Crippen LogP contribution in [0, 0.1) is 0 Å². The molecule has 20 heavy (non-hydrogen) atoms. The predicted octanol–water partition coefficient (Wildman–Crippen LogP) is 2.22. The zero-order valence-electron chi connectivity index (χ0n) is 10.7. The van der Waals surface area contributed by atoms with Crippen LogP contribution in [0.3, 0.4) is 0 Å². The van der Waals surface area contributed by atoms with Crippen LogP contribution in [-0.4, -0.2) is 10.5 Å². The molecule has 0 saturated carbocycles. The lowest BCUT2D eigenvalue weighted by Gasteiger charge is -2.08. The summed E-state index contributed by atoms with van der Waals surface area (Å²) in [6, 6.07) is 10.1. The average Bonchev–Trinajstić information content (AvgIpc) is 2.40. The van der Waals surface area contributed by atoms with E-state index in [9.17, 15) is 9.59 Å². The van der Waals surface area contributed by atoms with E-state index in [0.29, 0.717) is 17.9 Å². The number of amides is 1. The number of benzene rings is 1. The molecule has 0 atom stereocenters. The smallest absolute Gasteiger partial charge is 0.250 e. The molecule has 0 unspecified atom stereocenters. The molecule has 0 fully saturated rings. The zero-order valence-corrected chi connectivity index (χ0v) is 12.3. The third-order valence-electron chi connectivity index (χ3n) is 2.70. The van der Waals surface area contributed by atoms with Crippen LogP contribution in [0.25, 0.3) is 0 Å². The van der Waals surface area contributed by atoms with Crippen molar-refractivity contribution in [2.45, 2.75) is 13.0 Å². The van der Waals surface area contributed by atoms with Crippen molar-refractivity contribution in [1.82, 2.24) is 4.57 Å². The number of carbonyl (C=O) groups excluding carboxylic acids is 1. The van der Waals surface area contributed by atoms with Gasteiger partial charge in [-0.1, -0.05) is 6.07 Å². The summed E-state index contributed by atoms with van der Waals surface area (Å²) in [4.78, 5) is 23.4. The number of anilines is 2. The molecular formula is C14H14BrN3O2. The molecule has 0 aliphatic heterocycles. The zero-order chi connectivity index (χ0) is 14.5. The number of aryl methyl sites for hydroxylation is 1. The topological polar surface area (TPSA) is 77.1 Å². The summed E-state index contributed by atoms with van der Waals surface area (Å²) < 4.78 is 2.29. The molecule has 104 valence electrons. The van der Waals surface area contributed by atoms with Crippen LogP contribution in [0.1, 0.15) is 6.42 Å². The highest BCUT2D eigenvalue weighted by atomic mass is 79.9. The van der Waals surface area contributed by atoms with Crippen LogP contribution in [-0.2, 0) is 11.3 Å². The second-order valence-electron chi connectivity index (χ2n) is 4.30. The van der Waals surface area contributed by atoms with Gasteiger partial charge in [-0.2, -0.15) is 0 Å². The number of rotatable bonds is 4. The molecule has 0 saturated heterocycles. The van der Waals surface area contributed by atoms with Gasteiger partial charge in [-0.3, -0.25) is 9.59 Å². The number of hydrogen-bond acceptors (Lipinski definition) is 3. The lowest BCUT2D eigenvalue weighted by Crippen LogP contribution is -2.22. The minimum absolute atomic E-state index is 0.134. The Morgan fingerprint density at radius 3 is 2.85 bits per heavy atom. The summed E-state index contributed by atoms with van der Waals surface area (Å²) >= 11 is 3.29. The molecule has 1 amide bonds. The second-order valence-corrected chi connectivity index (χ2v) is 5.22. The number of nitrogens with zero attached hydrogens (tertiary/aromatic N) is 1. The van der Waals surface area contributed by atoms with Gasteiger partial charge in [0.1, 0.15) is 0 Å². The first-order valence-electron chi connectivity index (χ1n) is 6.06. The maximum atomic E-state index is 11.8. The predicted molar refractivity (Wildman–Crippen MR) is 82.5 cm³/mol. The van der Waals surface area contributed by atoms with Gasteiger partial charge in [-0.15, -0.1) is 0 Å². The van der Waals surface area contributed by atoms with Gasteiger partial charge in [-0.05, 0) is 40.2 Å². The largest absolute Gasteiger partial charge is 0.399 e. The van der Waals surface area contributed by atoms with Gasteiger partial charge >= 0.3 is 0 Å². The molecule has 2 aromatic rings. The fourth-order valence-corrected chi connectivity index (χ4v) is 2.12. The van der Waals surface area contributed by atoms with Gasteiger partial charge < -0.3 is 15.6 Å². The third kappa shape index (κ3) is 3.96. The monoisotopic (exact) mass is 335 g/mol. The summed E-state index contributed by atoms with van der Waals surface area (Å²) in [5.41, 5.74) is 6.74. The quantitative estimate of drug-likeness (QED) is 0.841. The van der Waals surface area contributed by atoms with E-state index in [2.05, 4.69) is 21.2 Å². The van der Waals surface area contributed by atoms with Crippen molar-refractivity contribution in [2.75, 3.05) is 11.1 Å². The van der Waals surface area contributed by atoms with Gasteiger partial charge in [0.25, 0.3) is 5.56 Å². The number of hydrogen-bond donors (Lipinski definition) is 2. The Balaban J connectivity index is 1.95. The lowest BCUT2D eigenvalue weighted by molar-refractivity contribution is -0.116. The summed E-state index contributed by atoms with van der Waals surface area (Å²) in [5.74, 6) is -0.164. The number of nitrogens with two attached hydrogens (primary N) is 1. The van der Waals surface area contributed by atoms with Crippen LogP contribution in [0.15, 0.2) is 51.9 Å². The van der Waals surface area contributed by atoms with E-state index in [0.717, 1.165) is 4.47 Å². The fraction of sp³-hybridized carbons (Fsp3) is 0.143. The van der Waals surface area contributed by atoms with Crippen LogP contribution in [0.2, 0.25) is 0 Å². The molecule has 3 N–H and O–H groups in total. The Labute approximate surface area is 124 Å². The summed E-state index contributed by atoms with van der Waals surface area (Å²) in [6.45, 7) is 0.326. The molecule has 6 heteroatoms. The first kappa shape index (κ1) is 14.3. The Bertz CT molecular complexity index is 682. The minimum atomic E-state index is -0.164. The number of carbonyl (C=O) groups is 1. The molecule has 0 spiro atoms. The Hall–Kier alpha value is -2.08. The number of aromatic nitrogens is 1. The fourth-order valence-electron chi connectivity index (χ4n) is 1.74.